The second-order valence-electron chi connectivity index (χ2n) is 6.08. The Morgan fingerprint density at radius 1 is 1.25 bits per heavy atom. The van der Waals surface area contributed by atoms with Gasteiger partial charge in [-0.05, 0) is 44.0 Å². The van der Waals surface area contributed by atoms with Crippen LogP contribution < -0.4 is 5.32 Å². The highest BCUT2D eigenvalue weighted by molar-refractivity contribution is 9.10. The fourth-order valence-electron chi connectivity index (χ4n) is 2.73. The minimum absolute atomic E-state index is 0.00873. The zero-order chi connectivity index (χ0) is 20.6. The Bertz CT molecular complexity index is 1060. The number of aryl methyl sites for hydroxylation is 2. The summed E-state index contributed by atoms with van der Waals surface area (Å²) >= 11 is 3.13. The van der Waals surface area contributed by atoms with Gasteiger partial charge in [-0.2, -0.15) is 18.2 Å². The van der Waals surface area contributed by atoms with Crippen LogP contribution >= 0.6 is 15.9 Å². The summed E-state index contributed by atoms with van der Waals surface area (Å²) in [6.07, 6.45) is -4.49. The summed E-state index contributed by atoms with van der Waals surface area (Å²) in [5.74, 6) is -2.45. The number of fused-ring (bicyclic) bond motifs is 1. The van der Waals surface area contributed by atoms with Gasteiger partial charge in [0.1, 0.15) is 5.82 Å². The Kier molecular flexibility index (Phi) is 5.37. The number of carbonyl (C=O) groups is 1. The zero-order valence-corrected chi connectivity index (χ0v) is 16.3. The molecule has 0 radical (unpaired) electrons. The SMILES string of the molecule is Cc1nc2nc(C(F)(F)F)nn2c(C)c1CCC(=O)Nc1ccc(Br)cc1F. The lowest BCUT2D eigenvalue weighted by atomic mass is 10.1. The van der Waals surface area contributed by atoms with Gasteiger partial charge >= 0.3 is 6.18 Å². The standard InChI is InChI=1S/C17H14BrF4N5O/c1-8-11(4-6-14(28)24-13-5-3-10(18)7-12(13)19)9(2)27-16(23-8)25-15(26-27)17(20,21)22/h3,5,7H,4,6H2,1-2H3,(H,24,28). The summed E-state index contributed by atoms with van der Waals surface area (Å²) in [5.41, 5.74) is 1.49. The molecule has 6 nitrogen and oxygen atoms in total. The van der Waals surface area contributed by atoms with E-state index in [4.69, 9.17) is 0 Å². The summed E-state index contributed by atoms with van der Waals surface area (Å²) < 4.78 is 53.8. The molecule has 148 valence electrons. The smallest absolute Gasteiger partial charge is 0.324 e. The molecule has 0 spiro atoms. The van der Waals surface area contributed by atoms with Crippen molar-refractivity contribution < 1.29 is 22.4 Å². The van der Waals surface area contributed by atoms with E-state index in [1.54, 1.807) is 19.9 Å². The van der Waals surface area contributed by atoms with Crippen LogP contribution in [0.4, 0.5) is 23.2 Å². The van der Waals surface area contributed by atoms with Crippen molar-refractivity contribution in [2.45, 2.75) is 32.9 Å². The molecule has 28 heavy (non-hydrogen) atoms. The van der Waals surface area contributed by atoms with Crippen LogP contribution in [0.3, 0.4) is 0 Å². The van der Waals surface area contributed by atoms with Crippen molar-refractivity contribution in [2.24, 2.45) is 0 Å². The molecule has 1 aromatic carbocycles. The van der Waals surface area contributed by atoms with Crippen LogP contribution in [-0.2, 0) is 17.4 Å². The minimum atomic E-state index is -4.68. The number of amides is 1. The number of carbonyl (C=O) groups excluding carboxylic acids is 1. The van der Waals surface area contributed by atoms with Crippen molar-refractivity contribution in [3.63, 3.8) is 0 Å². The molecule has 2 aromatic heterocycles. The molecule has 0 aliphatic heterocycles. The first kappa shape index (κ1) is 20.2. The largest absolute Gasteiger partial charge is 0.453 e. The lowest BCUT2D eigenvalue weighted by Crippen LogP contribution is -2.15. The normalized spacial score (nSPS) is 11.8. The molecule has 0 saturated carbocycles. The van der Waals surface area contributed by atoms with Gasteiger partial charge in [0, 0.05) is 22.3 Å². The molecule has 1 N–H and O–H groups in total. The van der Waals surface area contributed by atoms with Gasteiger partial charge in [-0.1, -0.05) is 15.9 Å². The molecule has 0 unspecified atom stereocenters. The van der Waals surface area contributed by atoms with Gasteiger partial charge in [-0.3, -0.25) is 4.79 Å². The van der Waals surface area contributed by atoms with Gasteiger partial charge in [0.2, 0.25) is 5.91 Å². The number of halogens is 5. The number of nitrogens with zero attached hydrogens (tertiary/aromatic N) is 4. The van der Waals surface area contributed by atoms with Gasteiger partial charge in [0.25, 0.3) is 11.6 Å². The molecule has 1 amide bonds. The maximum absolute atomic E-state index is 13.8. The van der Waals surface area contributed by atoms with Crippen LogP contribution in [0.15, 0.2) is 22.7 Å². The molecule has 0 aliphatic carbocycles. The van der Waals surface area contributed by atoms with E-state index in [9.17, 15) is 22.4 Å². The van der Waals surface area contributed by atoms with Gasteiger partial charge in [0.05, 0.1) is 5.69 Å². The molecule has 0 fully saturated rings. The highest BCUT2D eigenvalue weighted by Crippen LogP contribution is 2.27. The highest BCUT2D eigenvalue weighted by Gasteiger charge is 2.36. The Hall–Kier alpha value is -2.56. The van der Waals surface area contributed by atoms with Crippen LogP contribution in [0, 0.1) is 19.7 Å². The fraction of sp³-hybridized carbons (Fsp3) is 0.294. The molecule has 0 atom stereocenters. The van der Waals surface area contributed by atoms with Crippen molar-refractivity contribution in [2.75, 3.05) is 5.32 Å². The van der Waals surface area contributed by atoms with E-state index in [0.717, 1.165) is 4.52 Å². The van der Waals surface area contributed by atoms with E-state index in [1.807, 2.05) is 0 Å². The predicted octanol–water partition coefficient (Wildman–Crippen LogP) is 4.23. The molecule has 3 aromatic rings. The Labute approximate surface area is 165 Å². The summed E-state index contributed by atoms with van der Waals surface area (Å²) in [6.45, 7) is 3.20. The quantitative estimate of drug-likeness (QED) is 0.592. The van der Waals surface area contributed by atoms with E-state index in [2.05, 4.69) is 36.3 Å². The van der Waals surface area contributed by atoms with Crippen LogP contribution in [0.5, 0.6) is 0 Å². The minimum Gasteiger partial charge on any atom is -0.324 e. The van der Waals surface area contributed by atoms with E-state index in [0.29, 0.717) is 21.4 Å². The highest BCUT2D eigenvalue weighted by atomic mass is 79.9. The maximum atomic E-state index is 13.8. The van der Waals surface area contributed by atoms with E-state index >= 15 is 0 Å². The first-order valence-corrected chi connectivity index (χ1v) is 8.90. The monoisotopic (exact) mass is 459 g/mol. The van der Waals surface area contributed by atoms with E-state index < -0.39 is 23.7 Å². The summed E-state index contributed by atoms with van der Waals surface area (Å²) in [5, 5.41) is 5.93. The lowest BCUT2D eigenvalue weighted by Gasteiger charge is -2.11. The average Bonchev–Trinajstić information content (AvgIpc) is 3.01. The van der Waals surface area contributed by atoms with Crippen molar-refractivity contribution >= 4 is 33.3 Å². The Morgan fingerprint density at radius 2 is 1.96 bits per heavy atom. The van der Waals surface area contributed by atoms with Crippen LogP contribution in [-0.4, -0.2) is 25.5 Å². The zero-order valence-electron chi connectivity index (χ0n) is 14.7. The molecule has 0 aliphatic rings. The van der Waals surface area contributed by atoms with Gasteiger partial charge in [-0.15, -0.1) is 5.10 Å². The molecular weight excluding hydrogens is 446 g/mol. The van der Waals surface area contributed by atoms with E-state index in [1.165, 1.54) is 12.1 Å². The first-order valence-electron chi connectivity index (χ1n) is 8.11. The Morgan fingerprint density at radius 3 is 2.61 bits per heavy atom. The Balaban J connectivity index is 1.79. The maximum Gasteiger partial charge on any atom is 0.453 e. The average molecular weight is 460 g/mol. The topological polar surface area (TPSA) is 72.2 Å². The van der Waals surface area contributed by atoms with Gasteiger partial charge in [0.15, 0.2) is 0 Å². The van der Waals surface area contributed by atoms with Crippen LogP contribution in [0.25, 0.3) is 5.78 Å². The third-order valence-corrected chi connectivity index (χ3v) is 4.60. The second-order valence-corrected chi connectivity index (χ2v) is 6.99. The van der Waals surface area contributed by atoms with Crippen molar-refractivity contribution in [1.82, 2.24) is 19.6 Å². The number of alkyl halides is 3. The van der Waals surface area contributed by atoms with Crippen molar-refractivity contribution in [1.29, 1.82) is 0 Å². The molecule has 2 heterocycles. The number of anilines is 1. The first-order chi connectivity index (χ1) is 13.1. The number of hydrogen-bond acceptors (Lipinski definition) is 4. The predicted molar refractivity (Wildman–Crippen MR) is 96.3 cm³/mol. The molecule has 0 saturated heterocycles. The number of rotatable bonds is 4. The fourth-order valence-corrected chi connectivity index (χ4v) is 3.07. The number of benzene rings is 1. The van der Waals surface area contributed by atoms with Gasteiger partial charge in [-0.25, -0.2) is 13.9 Å². The molecular formula is C17H14BrF4N5O. The third-order valence-electron chi connectivity index (χ3n) is 4.11. The second kappa shape index (κ2) is 7.46. The van der Waals surface area contributed by atoms with Crippen LogP contribution in [0.1, 0.15) is 29.2 Å². The van der Waals surface area contributed by atoms with Crippen LogP contribution in [0.2, 0.25) is 0 Å². The summed E-state index contributed by atoms with van der Waals surface area (Å²) in [4.78, 5) is 19.6. The van der Waals surface area contributed by atoms with Gasteiger partial charge < -0.3 is 5.32 Å². The van der Waals surface area contributed by atoms with Crippen molar-refractivity contribution in [3.05, 3.63) is 51.3 Å². The number of aromatic nitrogens is 4. The number of hydrogen-bond donors (Lipinski definition) is 1. The lowest BCUT2D eigenvalue weighted by molar-refractivity contribution is -0.144. The van der Waals surface area contributed by atoms with Crippen molar-refractivity contribution in [3.8, 4) is 0 Å². The third kappa shape index (κ3) is 4.13. The summed E-state index contributed by atoms with van der Waals surface area (Å²) in [7, 11) is 0. The number of nitrogens with one attached hydrogen (secondary N) is 1. The summed E-state index contributed by atoms with van der Waals surface area (Å²) in [6, 6.07) is 4.24. The van der Waals surface area contributed by atoms with E-state index in [-0.39, 0.29) is 24.3 Å². The molecule has 3 rings (SSSR count). The molecule has 11 heteroatoms. The molecule has 0 bridgehead atoms.